The molecule has 0 aliphatic heterocycles. The molecule has 18 heavy (non-hydrogen) atoms. The molecule has 6 heteroatoms. The van der Waals surface area contributed by atoms with Crippen LogP contribution < -0.4 is 5.56 Å². The largest absolute Gasteiger partial charge is 0.481 e. The highest BCUT2D eigenvalue weighted by Crippen LogP contribution is 2.15. The van der Waals surface area contributed by atoms with Gasteiger partial charge < -0.3 is 5.11 Å². The van der Waals surface area contributed by atoms with E-state index in [1.807, 2.05) is 0 Å². The Labute approximate surface area is 101 Å². The summed E-state index contributed by atoms with van der Waals surface area (Å²) in [4.78, 5) is 22.3. The molecule has 0 amide bonds. The summed E-state index contributed by atoms with van der Waals surface area (Å²) in [6.45, 7) is 1.57. The molecule has 0 bridgehead atoms. The number of nitrogens with zero attached hydrogens (tertiary/aromatic N) is 1. The van der Waals surface area contributed by atoms with E-state index in [1.165, 1.54) is 22.9 Å². The first kappa shape index (κ1) is 12.1. The number of aromatic amines is 1. The summed E-state index contributed by atoms with van der Waals surface area (Å²) in [5, 5.41) is 11.1. The van der Waals surface area contributed by atoms with Gasteiger partial charge in [-0.25, -0.2) is 4.39 Å². The molecule has 2 N–H and O–H groups in total. The van der Waals surface area contributed by atoms with Gasteiger partial charge in [0.25, 0.3) is 5.56 Å². The Kier molecular flexibility index (Phi) is 3.01. The maximum atomic E-state index is 13.6. The Morgan fingerprint density at radius 2 is 2.11 bits per heavy atom. The van der Waals surface area contributed by atoms with Gasteiger partial charge in [-0.05, 0) is 19.1 Å². The lowest BCUT2D eigenvalue weighted by Gasteiger charge is -2.06. The SMILES string of the molecule is Cc1c(CC(=O)O)c(=O)[nH]n1-c1ccccc1F. The molecule has 0 aliphatic rings. The van der Waals surface area contributed by atoms with E-state index in [0.717, 1.165) is 0 Å². The molecule has 0 unspecified atom stereocenters. The van der Waals surface area contributed by atoms with Crippen LogP contribution in [-0.4, -0.2) is 20.9 Å². The van der Waals surface area contributed by atoms with Crippen molar-refractivity contribution in [1.29, 1.82) is 0 Å². The molecule has 5 nitrogen and oxygen atoms in total. The van der Waals surface area contributed by atoms with E-state index < -0.39 is 17.3 Å². The van der Waals surface area contributed by atoms with E-state index in [-0.39, 0.29) is 17.7 Å². The second kappa shape index (κ2) is 4.48. The number of aromatic nitrogens is 2. The molecule has 0 saturated carbocycles. The number of hydrogen-bond donors (Lipinski definition) is 2. The molecule has 1 heterocycles. The number of hydrogen-bond acceptors (Lipinski definition) is 2. The highest BCUT2D eigenvalue weighted by atomic mass is 19.1. The van der Waals surface area contributed by atoms with Crippen molar-refractivity contribution in [2.45, 2.75) is 13.3 Å². The molecule has 1 aromatic heterocycles. The van der Waals surface area contributed by atoms with Gasteiger partial charge in [-0.3, -0.25) is 19.4 Å². The van der Waals surface area contributed by atoms with E-state index >= 15 is 0 Å². The van der Waals surface area contributed by atoms with Gasteiger partial charge in [0.2, 0.25) is 0 Å². The van der Waals surface area contributed by atoms with Crippen molar-refractivity contribution in [2.24, 2.45) is 0 Å². The molecule has 94 valence electrons. The zero-order valence-electron chi connectivity index (χ0n) is 9.61. The van der Waals surface area contributed by atoms with Crippen molar-refractivity contribution in [3.8, 4) is 5.69 Å². The maximum absolute atomic E-state index is 13.6. The molecule has 2 rings (SSSR count). The van der Waals surface area contributed by atoms with Crippen molar-refractivity contribution < 1.29 is 14.3 Å². The average Bonchev–Trinajstić information content (AvgIpc) is 2.57. The van der Waals surface area contributed by atoms with Gasteiger partial charge in [-0.15, -0.1) is 0 Å². The predicted octanol–water partition coefficient (Wildman–Crippen LogP) is 1.24. The van der Waals surface area contributed by atoms with Gasteiger partial charge in [0, 0.05) is 5.69 Å². The highest BCUT2D eigenvalue weighted by Gasteiger charge is 2.16. The second-order valence-corrected chi connectivity index (χ2v) is 3.86. The minimum absolute atomic E-state index is 0.130. The number of nitrogens with one attached hydrogen (secondary N) is 1. The van der Waals surface area contributed by atoms with E-state index in [2.05, 4.69) is 5.10 Å². The van der Waals surface area contributed by atoms with E-state index in [0.29, 0.717) is 5.69 Å². The highest BCUT2D eigenvalue weighted by molar-refractivity contribution is 5.70. The Balaban J connectivity index is 2.58. The van der Waals surface area contributed by atoms with Gasteiger partial charge in [-0.2, -0.15) is 0 Å². The van der Waals surface area contributed by atoms with Crippen LogP contribution in [-0.2, 0) is 11.2 Å². The standard InChI is InChI=1S/C12H11FN2O3/c1-7-8(6-11(16)17)12(18)14-15(7)10-5-3-2-4-9(10)13/h2-5H,6H2,1H3,(H,14,18)(H,16,17). The molecular weight excluding hydrogens is 239 g/mol. The summed E-state index contributed by atoms with van der Waals surface area (Å²) >= 11 is 0. The lowest BCUT2D eigenvalue weighted by Crippen LogP contribution is -2.11. The molecule has 0 fully saturated rings. The zero-order chi connectivity index (χ0) is 13.3. The van der Waals surface area contributed by atoms with Crippen molar-refractivity contribution >= 4 is 5.97 Å². The average molecular weight is 250 g/mol. The molecular formula is C12H11FN2O3. The van der Waals surface area contributed by atoms with Crippen molar-refractivity contribution in [2.75, 3.05) is 0 Å². The smallest absolute Gasteiger partial charge is 0.308 e. The molecule has 0 radical (unpaired) electrons. The summed E-state index contributed by atoms with van der Waals surface area (Å²) < 4.78 is 14.9. The summed E-state index contributed by atoms with van der Waals surface area (Å²) in [6, 6.07) is 5.94. The summed E-state index contributed by atoms with van der Waals surface area (Å²) in [5.41, 5.74) is 0.195. The Morgan fingerprint density at radius 3 is 2.72 bits per heavy atom. The van der Waals surface area contributed by atoms with Crippen molar-refractivity contribution in [1.82, 2.24) is 9.78 Å². The van der Waals surface area contributed by atoms with Crippen molar-refractivity contribution in [3.63, 3.8) is 0 Å². The Bertz CT molecular complexity index is 658. The van der Waals surface area contributed by atoms with Crippen molar-refractivity contribution in [3.05, 3.63) is 51.7 Å². The number of carbonyl (C=O) groups is 1. The fourth-order valence-corrected chi connectivity index (χ4v) is 1.79. The van der Waals surface area contributed by atoms with Gasteiger partial charge in [-0.1, -0.05) is 12.1 Å². The van der Waals surface area contributed by atoms with Crippen LogP contribution in [0.4, 0.5) is 4.39 Å². The monoisotopic (exact) mass is 250 g/mol. The number of aliphatic carboxylic acids is 1. The van der Waals surface area contributed by atoms with Crippen LogP contribution in [0.1, 0.15) is 11.3 Å². The number of carboxylic acids is 1. The molecule has 0 atom stereocenters. The topological polar surface area (TPSA) is 75.1 Å². The van der Waals surface area contributed by atoms with Crippen LogP contribution in [0.5, 0.6) is 0 Å². The number of benzene rings is 1. The van der Waals surface area contributed by atoms with Gasteiger partial charge in [0.15, 0.2) is 0 Å². The van der Waals surface area contributed by atoms with Crippen LogP contribution in [0.15, 0.2) is 29.1 Å². The summed E-state index contributed by atoms with van der Waals surface area (Å²) in [5.74, 6) is -1.59. The van der Waals surface area contributed by atoms with Gasteiger partial charge >= 0.3 is 5.97 Å². The first-order valence-electron chi connectivity index (χ1n) is 5.28. The van der Waals surface area contributed by atoms with Crippen LogP contribution in [0.3, 0.4) is 0 Å². The van der Waals surface area contributed by atoms with Crippen LogP contribution in [0, 0.1) is 12.7 Å². The first-order chi connectivity index (χ1) is 8.50. The first-order valence-corrected chi connectivity index (χ1v) is 5.28. The molecule has 0 aliphatic carbocycles. The maximum Gasteiger partial charge on any atom is 0.308 e. The summed E-state index contributed by atoms with van der Waals surface area (Å²) in [7, 11) is 0. The minimum Gasteiger partial charge on any atom is -0.481 e. The van der Waals surface area contributed by atoms with Gasteiger partial charge in [0.05, 0.1) is 17.7 Å². The zero-order valence-corrected chi connectivity index (χ0v) is 9.61. The fraction of sp³-hybridized carbons (Fsp3) is 0.167. The van der Waals surface area contributed by atoms with E-state index in [1.54, 1.807) is 13.0 Å². The van der Waals surface area contributed by atoms with E-state index in [4.69, 9.17) is 5.11 Å². The number of H-pyrrole nitrogens is 1. The quantitative estimate of drug-likeness (QED) is 0.860. The number of para-hydroxylation sites is 1. The number of rotatable bonds is 3. The molecule has 0 spiro atoms. The lowest BCUT2D eigenvalue weighted by atomic mass is 10.2. The third-order valence-electron chi connectivity index (χ3n) is 2.68. The molecule has 2 aromatic rings. The number of carboxylic acid groups (broad SMARTS) is 1. The Hall–Kier alpha value is -2.37. The fourth-order valence-electron chi connectivity index (χ4n) is 1.79. The molecule has 0 saturated heterocycles. The third kappa shape index (κ3) is 2.04. The van der Waals surface area contributed by atoms with Gasteiger partial charge in [0.1, 0.15) is 5.82 Å². The minimum atomic E-state index is -1.10. The normalized spacial score (nSPS) is 10.6. The van der Waals surface area contributed by atoms with E-state index in [9.17, 15) is 14.0 Å². The molecule has 1 aromatic carbocycles. The van der Waals surface area contributed by atoms with Crippen LogP contribution in [0.2, 0.25) is 0 Å². The summed E-state index contributed by atoms with van der Waals surface area (Å²) in [6.07, 6.45) is -0.386. The lowest BCUT2D eigenvalue weighted by molar-refractivity contribution is -0.136. The number of halogens is 1. The van der Waals surface area contributed by atoms with Crippen LogP contribution in [0.25, 0.3) is 5.69 Å². The third-order valence-corrected chi connectivity index (χ3v) is 2.68. The second-order valence-electron chi connectivity index (χ2n) is 3.86. The predicted molar refractivity (Wildman–Crippen MR) is 62.4 cm³/mol. The van der Waals surface area contributed by atoms with Crippen LogP contribution >= 0.6 is 0 Å². The Morgan fingerprint density at radius 1 is 1.44 bits per heavy atom.